The maximum atomic E-state index is 12.2. The maximum absolute atomic E-state index is 12.2. The summed E-state index contributed by atoms with van der Waals surface area (Å²) >= 11 is 0. The molecular formula is C20H24N2O5. The minimum Gasteiger partial charge on any atom is -0.494 e. The Balaban J connectivity index is 1.98. The Kier molecular flexibility index (Phi) is 7.05. The second-order valence-corrected chi connectivity index (χ2v) is 5.72. The van der Waals surface area contributed by atoms with E-state index in [1.54, 1.807) is 56.5 Å². The number of ether oxygens (including phenoxy) is 3. The first-order chi connectivity index (χ1) is 13.0. The molecule has 0 saturated carbocycles. The van der Waals surface area contributed by atoms with Gasteiger partial charge in [-0.25, -0.2) is 0 Å². The van der Waals surface area contributed by atoms with Crippen molar-refractivity contribution >= 4 is 17.5 Å². The van der Waals surface area contributed by atoms with E-state index in [-0.39, 0.29) is 6.04 Å². The van der Waals surface area contributed by atoms with E-state index in [0.717, 1.165) is 5.56 Å². The first kappa shape index (κ1) is 20.1. The summed E-state index contributed by atoms with van der Waals surface area (Å²) in [6, 6.07) is 11.7. The molecule has 27 heavy (non-hydrogen) atoms. The Morgan fingerprint density at radius 1 is 0.963 bits per heavy atom. The molecule has 0 aliphatic carbocycles. The topological polar surface area (TPSA) is 85.9 Å². The second kappa shape index (κ2) is 9.47. The predicted molar refractivity (Wildman–Crippen MR) is 102 cm³/mol. The maximum Gasteiger partial charge on any atom is 0.313 e. The highest BCUT2D eigenvalue weighted by atomic mass is 16.5. The van der Waals surface area contributed by atoms with Crippen molar-refractivity contribution in [2.45, 2.75) is 19.9 Å². The zero-order chi connectivity index (χ0) is 19.8. The van der Waals surface area contributed by atoms with Gasteiger partial charge in [0.25, 0.3) is 0 Å². The van der Waals surface area contributed by atoms with E-state index >= 15 is 0 Å². The van der Waals surface area contributed by atoms with Gasteiger partial charge in [0.15, 0.2) is 11.5 Å². The van der Waals surface area contributed by atoms with Gasteiger partial charge in [0.2, 0.25) is 0 Å². The van der Waals surface area contributed by atoms with Gasteiger partial charge in [-0.1, -0.05) is 6.07 Å². The van der Waals surface area contributed by atoms with Crippen LogP contribution >= 0.6 is 0 Å². The van der Waals surface area contributed by atoms with Gasteiger partial charge in [0, 0.05) is 5.69 Å². The average molecular weight is 372 g/mol. The number of nitrogens with one attached hydrogen (secondary N) is 2. The lowest BCUT2D eigenvalue weighted by molar-refractivity contribution is -0.136. The molecular weight excluding hydrogens is 348 g/mol. The molecule has 0 bridgehead atoms. The van der Waals surface area contributed by atoms with Gasteiger partial charge in [-0.2, -0.15) is 0 Å². The molecule has 0 aromatic heterocycles. The molecule has 2 aromatic rings. The second-order valence-electron chi connectivity index (χ2n) is 5.72. The molecule has 0 aliphatic rings. The van der Waals surface area contributed by atoms with Crippen LogP contribution in [-0.4, -0.2) is 32.6 Å². The molecule has 7 heteroatoms. The third-order valence-corrected chi connectivity index (χ3v) is 3.88. The van der Waals surface area contributed by atoms with Crippen molar-refractivity contribution in [3.05, 3.63) is 48.0 Å². The van der Waals surface area contributed by atoms with Crippen LogP contribution in [-0.2, 0) is 9.59 Å². The minimum atomic E-state index is -0.744. The van der Waals surface area contributed by atoms with Crippen molar-refractivity contribution in [1.82, 2.24) is 5.32 Å². The first-order valence-electron chi connectivity index (χ1n) is 8.55. The molecule has 2 amide bonds. The summed E-state index contributed by atoms with van der Waals surface area (Å²) < 4.78 is 15.8. The van der Waals surface area contributed by atoms with E-state index < -0.39 is 11.8 Å². The molecule has 144 valence electrons. The molecule has 2 rings (SSSR count). The van der Waals surface area contributed by atoms with Gasteiger partial charge in [-0.3, -0.25) is 9.59 Å². The van der Waals surface area contributed by atoms with E-state index in [4.69, 9.17) is 14.2 Å². The van der Waals surface area contributed by atoms with E-state index in [2.05, 4.69) is 10.6 Å². The monoisotopic (exact) mass is 372 g/mol. The fourth-order valence-electron chi connectivity index (χ4n) is 2.46. The van der Waals surface area contributed by atoms with Crippen LogP contribution in [0.15, 0.2) is 42.5 Å². The Labute approximate surface area is 158 Å². The van der Waals surface area contributed by atoms with Gasteiger partial charge in [-0.05, 0) is 55.8 Å². The van der Waals surface area contributed by atoms with Crippen molar-refractivity contribution in [3.63, 3.8) is 0 Å². The molecule has 2 aromatic carbocycles. The van der Waals surface area contributed by atoms with Crippen molar-refractivity contribution < 1.29 is 23.8 Å². The molecule has 1 atom stereocenters. The highest BCUT2D eigenvalue weighted by Crippen LogP contribution is 2.29. The van der Waals surface area contributed by atoms with Crippen LogP contribution in [0.4, 0.5) is 5.69 Å². The largest absolute Gasteiger partial charge is 0.494 e. The number of hydrogen-bond acceptors (Lipinski definition) is 5. The molecule has 0 radical (unpaired) electrons. The number of amides is 2. The van der Waals surface area contributed by atoms with Crippen LogP contribution in [0.2, 0.25) is 0 Å². The number of carbonyl (C=O) groups excluding carboxylic acids is 2. The Hall–Kier alpha value is -3.22. The fourth-order valence-corrected chi connectivity index (χ4v) is 2.46. The van der Waals surface area contributed by atoms with E-state index in [1.165, 1.54) is 7.11 Å². The fraction of sp³-hybridized carbons (Fsp3) is 0.300. The number of carbonyl (C=O) groups is 2. The highest BCUT2D eigenvalue weighted by Gasteiger charge is 2.18. The molecule has 0 saturated heterocycles. The smallest absolute Gasteiger partial charge is 0.313 e. The number of anilines is 1. The van der Waals surface area contributed by atoms with Crippen LogP contribution in [0.3, 0.4) is 0 Å². The summed E-state index contributed by atoms with van der Waals surface area (Å²) in [6.45, 7) is 4.23. The Bertz CT molecular complexity index is 789. The van der Waals surface area contributed by atoms with Gasteiger partial charge < -0.3 is 24.8 Å². The van der Waals surface area contributed by atoms with E-state index in [9.17, 15) is 9.59 Å². The number of benzene rings is 2. The van der Waals surface area contributed by atoms with Crippen molar-refractivity contribution in [3.8, 4) is 17.2 Å². The third kappa shape index (κ3) is 5.37. The summed E-state index contributed by atoms with van der Waals surface area (Å²) in [5.74, 6) is 0.364. The summed E-state index contributed by atoms with van der Waals surface area (Å²) in [7, 11) is 3.09. The molecule has 0 heterocycles. The summed E-state index contributed by atoms with van der Waals surface area (Å²) in [5, 5.41) is 5.22. The van der Waals surface area contributed by atoms with Gasteiger partial charge >= 0.3 is 11.8 Å². The first-order valence-corrected chi connectivity index (χ1v) is 8.55. The summed E-state index contributed by atoms with van der Waals surface area (Å²) in [6.07, 6.45) is 0. The van der Waals surface area contributed by atoms with Crippen molar-refractivity contribution in [1.29, 1.82) is 0 Å². The van der Waals surface area contributed by atoms with Gasteiger partial charge in [0.1, 0.15) is 5.75 Å². The van der Waals surface area contributed by atoms with Crippen molar-refractivity contribution in [2.24, 2.45) is 0 Å². The minimum absolute atomic E-state index is 0.386. The molecule has 0 fully saturated rings. The van der Waals surface area contributed by atoms with Crippen LogP contribution in [0.5, 0.6) is 17.2 Å². The summed E-state index contributed by atoms with van der Waals surface area (Å²) in [4.78, 5) is 24.3. The predicted octanol–water partition coefficient (Wildman–Crippen LogP) is 2.92. The number of rotatable bonds is 7. The normalized spacial score (nSPS) is 11.3. The van der Waals surface area contributed by atoms with Crippen molar-refractivity contribution in [2.75, 3.05) is 26.1 Å². The number of methoxy groups -OCH3 is 2. The molecule has 1 unspecified atom stereocenters. The average Bonchev–Trinajstić information content (AvgIpc) is 2.68. The van der Waals surface area contributed by atoms with Crippen LogP contribution in [0, 0.1) is 0 Å². The van der Waals surface area contributed by atoms with Gasteiger partial charge in [-0.15, -0.1) is 0 Å². The van der Waals surface area contributed by atoms with E-state index in [1.807, 2.05) is 6.92 Å². The van der Waals surface area contributed by atoms with E-state index in [0.29, 0.717) is 29.5 Å². The zero-order valence-electron chi connectivity index (χ0n) is 15.9. The molecule has 2 N–H and O–H groups in total. The lowest BCUT2D eigenvalue weighted by Gasteiger charge is -2.16. The SMILES string of the molecule is CCOc1ccc(NC(=O)C(=O)NC(C)c2ccc(OC)c(OC)c2)cc1. The third-order valence-electron chi connectivity index (χ3n) is 3.88. The standard InChI is InChI=1S/C20H24N2O5/c1-5-27-16-9-7-15(8-10-16)22-20(24)19(23)21-13(2)14-6-11-17(25-3)18(12-14)26-4/h6-13H,5H2,1-4H3,(H,21,23)(H,22,24). The summed E-state index contributed by atoms with van der Waals surface area (Å²) in [5.41, 5.74) is 1.30. The molecule has 0 spiro atoms. The molecule has 0 aliphatic heterocycles. The van der Waals surface area contributed by atoms with Crippen LogP contribution in [0.1, 0.15) is 25.5 Å². The quantitative estimate of drug-likeness (QED) is 0.730. The Morgan fingerprint density at radius 2 is 1.63 bits per heavy atom. The zero-order valence-corrected chi connectivity index (χ0v) is 15.9. The number of hydrogen-bond donors (Lipinski definition) is 2. The lowest BCUT2D eigenvalue weighted by Crippen LogP contribution is -2.36. The van der Waals surface area contributed by atoms with Crippen LogP contribution < -0.4 is 24.8 Å². The van der Waals surface area contributed by atoms with Gasteiger partial charge in [0.05, 0.1) is 26.9 Å². The Morgan fingerprint density at radius 3 is 2.22 bits per heavy atom. The molecule has 7 nitrogen and oxygen atoms in total. The highest BCUT2D eigenvalue weighted by molar-refractivity contribution is 6.39. The lowest BCUT2D eigenvalue weighted by atomic mass is 10.1. The van der Waals surface area contributed by atoms with Crippen LogP contribution in [0.25, 0.3) is 0 Å².